The second kappa shape index (κ2) is 6.25. The molecule has 0 bridgehead atoms. The molecular formula is C16H30N2O. The Labute approximate surface area is 117 Å². The van der Waals surface area contributed by atoms with Gasteiger partial charge in [0.1, 0.15) is 0 Å². The van der Waals surface area contributed by atoms with E-state index >= 15 is 0 Å². The van der Waals surface area contributed by atoms with Crippen LogP contribution in [0.1, 0.15) is 59.3 Å². The van der Waals surface area contributed by atoms with Gasteiger partial charge in [-0.05, 0) is 43.6 Å². The van der Waals surface area contributed by atoms with Crippen LogP contribution in [0.3, 0.4) is 0 Å². The number of nitrogens with one attached hydrogen (secondary N) is 2. The summed E-state index contributed by atoms with van der Waals surface area (Å²) in [6, 6.07) is 0.479. The molecule has 1 aliphatic carbocycles. The molecule has 3 atom stereocenters. The van der Waals surface area contributed by atoms with Gasteiger partial charge >= 0.3 is 0 Å². The lowest BCUT2D eigenvalue weighted by Crippen LogP contribution is -2.50. The van der Waals surface area contributed by atoms with E-state index in [1.807, 2.05) is 0 Å². The molecule has 19 heavy (non-hydrogen) atoms. The highest BCUT2D eigenvalue weighted by atomic mass is 16.1. The average molecular weight is 266 g/mol. The molecule has 3 nitrogen and oxygen atoms in total. The highest BCUT2D eigenvalue weighted by Crippen LogP contribution is 2.42. The van der Waals surface area contributed by atoms with Crippen molar-refractivity contribution >= 4 is 5.91 Å². The smallest absolute Gasteiger partial charge is 0.223 e. The van der Waals surface area contributed by atoms with Crippen molar-refractivity contribution in [3.63, 3.8) is 0 Å². The third-order valence-electron chi connectivity index (χ3n) is 5.32. The summed E-state index contributed by atoms with van der Waals surface area (Å²) in [6.45, 7) is 8.64. The predicted molar refractivity (Wildman–Crippen MR) is 78.9 cm³/mol. The van der Waals surface area contributed by atoms with E-state index < -0.39 is 0 Å². The summed E-state index contributed by atoms with van der Waals surface area (Å²) in [4.78, 5) is 12.4. The molecule has 2 fully saturated rings. The summed E-state index contributed by atoms with van der Waals surface area (Å²) in [5.41, 5.74) is 0.189. The van der Waals surface area contributed by atoms with Crippen LogP contribution in [0.5, 0.6) is 0 Å². The first-order chi connectivity index (χ1) is 9.04. The minimum Gasteiger partial charge on any atom is -0.354 e. The number of carbonyl (C=O) groups is 1. The average Bonchev–Trinajstić information content (AvgIpc) is 2.76. The molecule has 0 aromatic rings. The molecule has 2 N–H and O–H groups in total. The van der Waals surface area contributed by atoms with E-state index in [1.54, 1.807) is 0 Å². The number of rotatable bonds is 4. The van der Waals surface area contributed by atoms with Gasteiger partial charge < -0.3 is 10.6 Å². The van der Waals surface area contributed by atoms with Crippen LogP contribution in [0.15, 0.2) is 0 Å². The Morgan fingerprint density at radius 3 is 2.74 bits per heavy atom. The Balaban J connectivity index is 1.82. The monoisotopic (exact) mass is 266 g/mol. The van der Waals surface area contributed by atoms with Gasteiger partial charge in [0.2, 0.25) is 5.91 Å². The van der Waals surface area contributed by atoms with Gasteiger partial charge in [-0.1, -0.05) is 33.6 Å². The van der Waals surface area contributed by atoms with Gasteiger partial charge in [-0.15, -0.1) is 0 Å². The summed E-state index contributed by atoms with van der Waals surface area (Å²) in [5.74, 6) is 1.23. The van der Waals surface area contributed by atoms with Crippen molar-refractivity contribution in [2.24, 2.45) is 17.3 Å². The zero-order chi connectivity index (χ0) is 13.9. The van der Waals surface area contributed by atoms with E-state index in [1.165, 1.54) is 32.1 Å². The molecule has 1 amide bonds. The Bertz CT molecular complexity index is 314. The van der Waals surface area contributed by atoms with Crippen LogP contribution in [0.25, 0.3) is 0 Å². The quantitative estimate of drug-likeness (QED) is 0.821. The molecule has 1 saturated heterocycles. The maximum atomic E-state index is 12.4. The molecule has 3 unspecified atom stereocenters. The van der Waals surface area contributed by atoms with Crippen LogP contribution in [0, 0.1) is 17.3 Å². The fourth-order valence-electron chi connectivity index (χ4n) is 3.89. The number of hydrogen-bond acceptors (Lipinski definition) is 2. The van der Waals surface area contributed by atoms with Crippen LogP contribution >= 0.6 is 0 Å². The first-order valence-electron chi connectivity index (χ1n) is 8.05. The highest BCUT2D eigenvalue weighted by Gasteiger charge is 2.39. The minimum atomic E-state index is 0.189. The van der Waals surface area contributed by atoms with E-state index in [2.05, 4.69) is 31.4 Å². The third-order valence-corrected chi connectivity index (χ3v) is 5.32. The SMILES string of the molecule is CCC1CCCNC1CNC(=O)C1CCCC1(C)C. The maximum Gasteiger partial charge on any atom is 0.223 e. The van der Waals surface area contributed by atoms with Crippen molar-refractivity contribution < 1.29 is 4.79 Å². The van der Waals surface area contributed by atoms with Gasteiger partial charge in [0, 0.05) is 18.5 Å². The second-order valence-corrected chi connectivity index (χ2v) is 7.05. The van der Waals surface area contributed by atoms with Crippen molar-refractivity contribution in [1.82, 2.24) is 10.6 Å². The predicted octanol–water partition coefficient (Wildman–Crippen LogP) is 2.71. The topological polar surface area (TPSA) is 41.1 Å². The first kappa shape index (κ1) is 14.8. The van der Waals surface area contributed by atoms with E-state index in [0.29, 0.717) is 6.04 Å². The van der Waals surface area contributed by atoms with Gasteiger partial charge in [0.15, 0.2) is 0 Å². The zero-order valence-corrected chi connectivity index (χ0v) is 12.8. The number of hydrogen-bond donors (Lipinski definition) is 2. The number of piperidine rings is 1. The summed E-state index contributed by atoms with van der Waals surface area (Å²) in [7, 11) is 0. The van der Waals surface area contributed by atoms with Crippen molar-refractivity contribution in [3.8, 4) is 0 Å². The van der Waals surface area contributed by atoms with Gasteiger partial charge in [-0.2, -0.15) is 0 Å². The summed E-state index contributed by atoms with van der Waals surface area (Å²) in [5, 5.41) is 6.78. The maximum absolute atomic E-state index is 12.4. The van der Waals surface area contributed by atoms with Crippen LogP contribution < -0.4 is 10.6 Å². The molecule has 1 aliphatic heterocycles. The second-order valence-electron chi connectivity index (χ2n) is 7.05. The lowest BCUT2D eigenvalue weighted by atomic mass is 9.81. The summed E-state index contributed by atoms with van der Waals surface area (Å²) in [6.07, 6.45) is 7.24. The van der Waals surface area contributed by atoms with Gasteiger partial charge in [-0.25, -0.2) is 0 Å². The molecule has 2 rings (SSSR count). The van der Waals surface area contributed by atoms with Gasteiger partial charge in [0.25, 0.3) is 0 Å². The summed E-state index contributed by atoms with van der Waals surface area (Å²) >= 11 is 0. The third kappa shape index (κ3) is 3.50. The van der Waals surface area contributed by atoms with Crippen LogP contribution in [0.2, 0.25) is 0 Å². The largest absolute Gasteiger partial charge is 0.354 e. The van der Waals surface area contributed by atoms with E-state index in [4.69, 9.17) is 0 Å². The standard InChI is InChI=1S/C16H30N2O/c1-4-12-7-6-10-17-14(12)11-18-15(19)13-8-5-9-16(13,2)3/h12-14,17H,4-11H2,1-3H3,(H,18,19). The molecule has 0 spiro atoms. The Morgan fingerprint density at radius 2 is 2.11 bits per heavy atom. The lowest BCUT2D eigenvalue weighted by molar-refractivity contribution is -0.127. The van der Waals surface area contributed by atoms with Crippen molar-refractivity contribution in [1.29, 1.82) is 0 Å². The van der Waals surface area contributed by atoms with E-state index in [9.17, 15) is 4.79 Å². The van der Waals surface area contributed by atoms with Crippen LogP contribution in [0.4, 0.5) is 0 Å². The number of amides is 1. The zero-order valence-electron chi connectivity index (χ0n) is 12.8. The highest BCUT2D eigenvalue weighted by molar-refractivity contribution is 5.79. The molecule has 3 heteroatoms. The molecule has 1 heterocycles. The molecule has 1 saturated carbocycles. The molecule has 0 aromatic carbocycles. The molecular weight excluding hydrogens is 236 g/mol. The van der Waals surface area contributed by atoms with E-state index in [-0.39, 0.29) is 17.2 Å². The molecule has 0 radical (unpaired) electrons. The van der Waals surface area contributed by atoms with Crippen molar-refractivity contribution in [3.05, 3.63) is 0 Å². The Morgan fingerprint density at radius 1 is 1.32 bits per heavy atom. The summed E-state index contributed by atoms with van der Waals surface area (Å²) < 4.78 is 0. The lowest BCUT2D eigenvalue weighted by Gasteiger charge is -2.33. The van der Waals surface area contributed by atoms with Crippen molar-refractivity contribution in [2.45, 2.75) is 65.3 Å². The first-order valence-corrected chi connectivity index (χ1v) is 8.05. The van der Waals surface area contributed by atoms with Crippen LogP contribution in [-0.2, 0) is 4.79 Å². The van der Waals surface area contributed by atoms with Gasteiger partial charge in [-0.3, -0.25) is 4.79 Å². The van der Waals surface area contributed by atoms with Crippen molar-refractivity contribution in [2.75, 3.05) is 13.1 Å². The Kier molecular flexibility index (Phi) is 4.88. The van der Waals surface area contributed by atoms with Gasteiger partial charge in [0.05, 0.1) is 0 Å². The fourth-order valence-corrected chi connectivity index (χ4v) is 3.89. The molecule has 110 valence electrons. The van der Waals surface area contributed by atoms with E-state index in [0.717, 1.165) is 25.4 Å². The Hall–Kier alpha value is -0.570. The fraction of sp³-hybridized carbons (Fsp3) is 0.938. The molecule has 0 aromatic heterocycles. The van der Waals surface area contributed by atoms with Crippen LogP contribution in [-0.4, -0.2) is 25.0 Å². The number of carbonyl (C=O) groups excluding carboxylic acids is 1. The normalized spacial score (nSPS) is 34.2. The minimum absolute atomic E-state index is 0.189. The molecule has 2 aliphatic rings.